The minimum Gasteiger partial charge on any atom is -0.369 e. The van der Waals surface area contributed by atoms with Gasteiger partial charge in [-0.3, -0.25) is 9.36 Å². The van der Waals surface area contributed by atoms with E-state index in [1.54, 1.807) is 11.6 Å². The lowest BCUT2D eigenvalue weighted by molar-refractivity contribution is -0.388. The summed E-state index contributed by atoms with van der Waals surface area (Å²) in [5.41, 5.74) is 5.26. The molecule has 0 atom stereocenters. The lowest BCUT2D eigenvalue weighted by Crippen LogP contribution is -2.39. The van der Waals surface area contributed by atoms with Gasteiger partial charge in [-0.2, -0.15) is 0 Å². The van der Waals surface area contributed by atoms with Crippen molar-refractivity contribution in [3.63, 3.8) is 0 Å². The summed E-state index contributed by atoms with van der Waals surface area (Å²) in [7, 11) is 1.72. The third kappa shape index (κ3) is 2.13. The standard InChI is InChI=1S/C10H15N5O3/c1-13-6-12-9(15(17)18)10(13)14-4-2-7(3-5-14)8(11)16/h6-7H,2-5H2,1H3,(H2,11,16). The van der Waals surface area contributed by atoms with Crippen molar-refractivity contribution in [2.75, 3.05) is 18.0 Å². The minimum absolute atomic E-state index is 0.131. The number of carbonyl (C=O) groups excluding carboxylic acids is 1. The topological polar surface area (TPSA) is 107 Å². The number of nitrogens with zero attached hydrogens (tertiary/aromatic N) is 4. The largest absolute Gasteiger partial charge is 0.406 e. The van der Waals surface area contributed by atoms with Crippen molar-refractivity contribution in [2.24, 2.45) is 18.7 Å². The first kappa shape index (κ1) is 12.3. The van der Waals surface area contributed by atoms with Gasteiger partial charge >= 0.3 is 5.82 Å². The summed E-state index contributed by atoms with van der Waals surface area (Å²) in [6.45, 7) is 1.15. The molecule has 98 valence electrons. The zero-order valence-corrected chi connectivity index (χ0v) is 10.1. The van der Waals surface area contributed by atoms with E-state index in [4.69, 9.17) is 5.73 Å². The number of carbonyl (C=O) groups is 1. The predicted octanol–water partition coefficient (Wildman–Crippen LogP) is 0.0300. The zero-order chi connectivity index (χ0) is 13.3. The predicted molar refractivity (Wildman–Crippen MR) is 64.0 cm³/mol. The maximum Gasteiger partial charge on any atom is 0.406 e. The van der Waals surface area contributed by atoms with Crippen LogP contribution in [0.2, 0.25) is 0 Å². The second kappa shape index (κ2) is 4.63. The third-order valence-corrected chi connectivity index (χ3v) is 3.26. The van der Waals surface area contributed by atoms with Crippen LogP contribution in [0.25, 0.3) is 0 Å². The number of hydrogen-bond acceptors (Lipinski definition) is 5. The van der Waals surface area contributed by atoms with Crippen LogP contribution in [0, 0.1) is 16.0 Å². The van der Waals surface area contributed by atoms with Gasteiger partial charge in [-0.05, 0) is 22.7 Å². The van der Waals surface area contributed by atoms with Crippen LogP contribution < -0.4 is 10.6 Å². The highest BCUT2D eigenvalue weighted by molar-refractivity contribution is 5.77. The molecular weight excluding hydrogens is 238 g/mol. The van der Waals surface area contributed by atoms with Gasteiger partial charge in [-0.15, -0.1) is 0 Å². The van der Waals surface area contributed by atoms with Crippen molar-refractivity contribution in [3.8, 4) is 0 Å². The summed E-state index contributed by atoms with van der Waals surface area (Å²) >= 11 is 0. The number of nitrogens with two attached hydrogens (primary N) is 1. The number of piperidine rings is 1. The fourth-order valence-electron chi connectivity index (χ4n) is 2.28. The monoisotopic (exact) mass is 253 g/mol. The molecule has 1 aliphatic heterocycles. The summed E-state index contributed by atoms with van der Waals surface area (Å²) in [5, 5.41) is 10.9. The van der Waals surface area contributed by atoms with Gasteiger partial charge in [0.2, 0.25) is 18.1 Å². The molecule has 0 aliphatic carbocycles. The van der Waals surface area contributed by atoms with Crippen LogP contribution in [-0.2, 0) is 11.8 Å². The summed E-state index contributed by atoms with van der Waals surface area (Å²) in [6.07, 6.45) is 2.67. The van der Waals surface area contributed by atoms with Crippen molar-refractivity contribution in [1.82, 2.24) is 9.55 Å². The molecule has 2 heterocycles. The maximum absolute atomic E-state index is 11.1. The molecule has 8 heteroatoms. The molecule has 0 aromatic carbocycles. The van der Waals surface area contributed by atoms with Crippen LogP contribution in [0.5, 0.6) is 0 Å². The Bertz CT molecular complexity index is 476. The molecule has 0 radical (unpaired) electrons. The zero-order valence-electron chi connectivity index (χ0n) is 10.1. The normalized spacial score (nSPS) is 16.8. The Labute approximate surface area is 104 Å². The van der Waals surface area contributed by atoms with Gasteiger partial charge in [0.05, 0.1) is 0 Å². The van der Waals surface area contributed by atoms with Gasteiger partial charge in [0.1, 0.15) is 0 Å². The number of rotatable bonds is 3. The van der Waals surface area contributed by atoms with Gasteiger partial charge in [0.25, 0.3) is 0 Å². The van der Waals surface area contributed by atoms with E-state index in [2.05, 4.69) is 4.98 Å². The molecule has 1 saturated heterocycles. The molecule has 1 aromatic rings. The summed E-state index contributed by atoms with van der Waals surface area (Å²) in [4.78, 5) is 27.1. The number of aryl methyl sites for hydroxylation is 1. The molecule has 0 saturated carbocycles. The summed E-state index contributed by atoms with van der Waals surface area (Å²) in [5.74, 6) is -0.0827. The Kier molecular flexibility index (Phi) is 3.17. The molecular formula is C10H15N5O3. The number of amides is 1. The number of anilines is 1. The van der Waals surface area contributed by atoms with E-state index in [0.29, 0.717) is 31.7 Å². The summed E-state index contributed by atoms with van der Waals surface area (Å²) in [6, 6.07) is 0. The van der Waals surface area contributed by atoms with Gasteiger partial charge < -0.3 is 20.7 Å². The van der Waals surface area contributed by atoms with Crippen molar-refractivity contribution in [3.05, 3.63) is 16.4 Å². The molecule has 2 rings (SSSR count). The molecule has 0 spiro atoms. The van der Waals surface area contributed by atoms with Gasteiger partial charge in [0, 0.05) is 26.1 Å². The summed E-state index contributed by atoms with van der Waals surface area (Å²) < 4.78 is 1.63. The second-order valence-corrected chi connectivity index (χ2v) is 4.42. The number of imidazole rings is 1. The fourth-order valence-corrected chi connectivity index (χ4v) is 2.28. The van der Waals surface area contributed by atoms with E-state index in [0.717, 1.165) is 0 Å². The Morgan fingerprint density at radius 2 is 2.17 bits per heavy atom. The molecule has 0 unspecified atom stereocenters. The Hall–Kier alpha value is -2.12. The molecule has 0 bridgehead atoms. The third-order valence-electron chi connectivity index (χ3n) is 3.26. The van der Waals surface area contributed by atoms with Crippen molar-refractivity contribution in [2.45, 2.75) is 12.8 Å². The maximum atomic E-state index is 11.1. The molecule has 18 heavy (non-hydrogen) atoms. The highest BCUT2D eigenvalue weighted by Crippen LogP contribution is 2.29. The Morgan fingerprint density at radius 1 is 1.56 bits per heavy atom. The quantitative estimate of drug-likeness (QED) is 0.604. The van der Waals surface area contributed by atoms with Crippen LogP contribution in [0.3, 0.4) is 0 Å². The number of primary amides is 1. The van der Waals surface area contributed by atoms with E-state index in [1.165, 1.54) is 6.33 Å². The molecule has 1 amide bonds. The van der Waals surface area contributed by atoms with E-state index in [1.807, 2.05) is 4.90 Å². The highest BCUT2D eigenvalue weighted by Gasteiger charge is 2.30. The van der Waals surface area contributed by atoms with Crippen LogP contribution in [-0.4, -0.2) is 33.5 Å². The van der Waals surface area contributed by atoms with E-state index < -0.39 is 4.92 Å². The van der Waals surface area contributed by atoms with E-state index in [9.17, 15) is 14.9 Å². The second-order valence-electron chi connectivity index (χ2n) is 4.42. The fraction of sp³-hybridized carbons (Fsp3) is 0.600. The van der Waals surface area contributed by atoms with Crippen molar-refractivity contribution >= 4 is 17.5 Å². The number of nitro groups is 1. The Morgan fingerprint density at radius 3 is 2.67 bits per heavy atom. The number of aromatic nitrogens is 2. The number of hydrogen-bond donors (Lipinski definition) is 1. The lowest BCUT2D eigenvalue weighted by Gasteiger charge is -2.31. The minimum atomic E-state index is -0.491. The molecule has 2 N–H and O–H groups in total. The van der Waals surface area contributed by atoms with E-state index in [-0.39, 0.29) is 17.6 Å². The SMILES string of the molecule is Cn1cnc([N+](=O)[O-])c1N1CCC(C(N)=O)CC1. The van der Waals surface area contributed by atoms with Crippen molar-refractivity contribution < 1.29 is 9.72 Å². The average molecular weight is 253 g/mol. The Balaban J connectivity index is 2.17. The van der Waals surface area contributed by atoms with Crippen molar-refractivity contribution in [1.29, 1.82) is 0 Å². The first-order valence-corrected chi connectivity index (χ1v) is 5.70. The highest BCUT2D eigenvalue weighted by atomic mass is 16.6. The van der Waals surface area contributed by atoms with Crippen LogP contribution in [0.4, 0.5) is 11.6 Å². The average Bonchev–Trinajstić information content (AvgIpc) is 2.71. The smallest absolute Gasteiger partial charge is 0.369 e. The molecule has 1 fully saturated rings. The van der Waals surface area contributed by atoms with Crippen LogP contribution in [0.15, 0.2) is 6.33 Å². The van der Waals surface area contributed by atoms with E-state index >= 15 is 0 Å². The van der Waals surface area contributed by atoms with Gasteiger partial charge in [-0.1, -0.05) is 0 Å². The lowest BCUT2D eigenvalue weighted by atomic mass is 9.96. The first-order valence-electron chi connectivity index (χ1n) is 5.70. The van der Waals surface area contributed by atoms with Crippen LogP contribution in [0.1, 0.15) is 12.8 Å². The molecule has 1 aliphatic rings. The van der Waals surface area contributed by atoms with Gasteiger partial charge in [-0.25, -0.2) is 0 Å². The first-order chi connectivity index (χ1) is 8.50. The van der Waals surface area contributed by atoms with Gasteiger partial charge in [0.15, 0.2) is 0 Å². The molecule has 8 nitrogen and oxygen atoms in total. The van der Waals surface area contributed by atoms with Crippen LogP contribution >= 0.6 is 0 Å². The molecule has 1 aromatic heterocycles.